The number of rotatable bonds is 9. The average Bonchev–Trinajstić information content (AvgIpc) is 3.27. The summed E-state index contributed by atoms with van der Waals surface area (Å²) >= 11 is 0. The van der Waals surface area contributed by atoms with Crippen molar-refractivity contribution in [2.24, 2.45) is 17.8 Å². The Hall–Kier alpha value is -1.66. The maximum absolute atomic E-state index is 12.7. The molecule has 0 saturated heterocycles. The predicted octanol–water partition coefficient (Wildman–Crippen LogP) is 3.67. The highest BCUT2D eigenvalue weighted by molar-refractivity contribution is 7.89. The molecule has 1 aromatic rings. The van der Waals surface area contributed by atoms with Gasteiger partial charge in [0.2, 0.25) is 10.0 Å². The van der Waals surface area contributed by atoms with Crippen LogP contribution in [-0.4, -0.2) is 27.5 Å². The van der Waals surface area contributed by atoms with Crippen LogP contribution in [0.2, 0.25) is 0 Å². The molecule has 2 aliphatic rings. The van der Waals surface area contributed by atoms with Crippen LogP contribution in [0, 0.1) is 17.8 Å². The van der Waals surface area contributed by atoms with Crippen LogP contribution >= 0.6 is 0 Å². The number of hydrogen-bond acceptors (Lipinski definition) is 4. The smallest absolute Gasteiger partial charge is 0.305 e. The molecule has 1 N–H and O–H groups in total. The van der Waals surface area contributed by atoms with Gasteiger partial charge in [0.05, 0.1) is 12.0 Å². The molecule has 27 heavy (non-hydrogen) atoms. The highest BCUT2D eigenvalue weighted by atomic mass is 32.2. The van der Waals surface area contributed by atoms with Gasteiger partial charge in [0.15, 0.2) is 0 Å². The molecule has 4 atom stereocenters. The van der Waals surface area contributed by atoms with E-state index in [1.165, 1.54) is 13.5 Å². The molecule has 2 aliphatic carbocycles. The van der Waals surface area contributed by atoms with E-state index in [1.54, 1.807) is 24.3 Å². The van der Waals surface area contributed by atoms with E-state index in [2.05, 4.69) is 21.6 Å². The summed E-state index contributed by atoms with van der Waals surface area (Å²) in [5.41, 5.74) is 0. The number of nitrogens with one attached hydrogen (secondary N) is 1. The first-order valence-electron chi connectivity index (χ1n) is 9.80. The number of hydrogen-bond donors (Lipinski definition) is 1. The summed E-state index contributed by atoms with van der Waals surface area (Å²) < 4.78 is 33.1. The monoisotopic (exact) mass is 391 g/mol. The van der Waals surface area contributed by atoms with Crippen LogP contribution in [0.5, 0.6) is 0 Å². The van der Waals surface area contributed by atoms with Crippen molar-refractivity contribution >= 4 is 16.0 Å². The maximum atomic E-state index is 12.7. The van der Waals surface area contributed by atoms with Crippen LogP contribution < -0.4 is 4.72 Å². The van der Waals surface area contributed by atoms with Crippen LogP contribution in [0.15, 0.2) is 47.4 Å². The first kappa shape index (κ1) is 20.1. The second kappa shape index (κ2) is 9.02. The third-order valence-electron chi connectivity index (χ3n) is 5.99. The fraction of sp³-hybridized carbons (Fsp3) is 0.571. The van der Waals surface area contributed by atoms with E-state index in [1.807, 2.05) is 6.07 Å². The zero-order chi connectivity index (χ0) is 19.3. The summed E-state index contributed by atoms with van der Waals surface area (Å²) in [5.74, 6) is 1.25. The van der Waals surface area contributed by atoms with Gasteiger partial charge < -0.3 is 4.74 Å². The van der Waals surface area contributed by atoms with Crippen LogP contribution in [0.4, 0.5) is 0 Å². The number of esters is 1. The zero-order valence-electron chi connectivity index (χ0n) is 15.8. The molecule has 2 fully saturated rings. The van der Waals surface area contributed by atoms with Crippen LogP contribution in [-0.2, 0) is 19.6 Å². The number of benzene rings is 1. The molecule has 148 valence electrons. The third-order valence-corrected chi connectivity index (χ3v) is 7.46. The number of methoxy groups -OCH3 is 1. The molecule has 0 aliphatic heterocycles. The van der Waals surface area contributed by atoms with Gasteiger partial charge in [0.25, 0.3) is 0 Å². The molecule has 0 radical (unpaired) electrons. The first-order chi connectivity index (χ1) is 13.0. The summed E-state index contributed by atoms with van der Waals surface area (Å²) in [6, 6.07) is 8.64. The van der Waals surface area contributed by atoms with Crippen LogP contribution in [0.3, 0.4) is 0 Å². The van der Waals surface area contributed by atoms with E-state index in [9.17, 15) is 13.2 Å². The Morgan fingerprint density at radius 3 is 2.67 bits per heavy atom. The van der Waals surface area contributed by atoms with Gasteiger partial charge in [-0.3, -0.25) is 4.79 Å². The molecule has 0 aromatic heterocycles. The predicted molar refractivity (Wildman–Crippen MR) is 104 cm³/mol. The van der Waals surface area contributed by atoms with Gasteiger partial charge in [0.1, 0.15) is 0 Å². The molecule has 2 saturated carbocycles. The van der Waals surface area contributed by atoms with Crippen molar-refractivity contribution < 1.29 is 17.9 Å². The molecule has 5 nitrogen and oxygen atoms in total. The number of ether oxygens (including phenoxy) is 1. The molecule has 0 spiro atoms. The first-order valence-corrected chi connectivity index (χ1v) is 11.3. The normalized spacial score (nSPS) is 27.3. The van der Waals surface area contributed by atoms with E-state index in [-0.39, 0.29) is 12.0 Å². The lowest BCUT2D eigenvalue weighted by atomic mass is 9.83. The molecular weight excluding hydrogens is 362 g/mol. The largest absolute Gasteiger partial charge is 0.469 e. The highest BCUT2D eigenvalue weighted by Gasteiger charge is 2.48. The van der Waals surface area contributed by atoms with Gasteiger partial charge in [-0.25, -0.2) is 13.1 Å². The van der Waals surface area contributed by atoms with Gasteiger partial charge in [0, 0.05) is 12.5 Å². The van der Waals surface area contributed by atoms with Crippen molar-refractivity contribution in [1.29, 1.82) is 0 Å². The quantitative estimate of drug-likeness (QED) is 0.396. The standard InChI is InChI=1S/C21H29NO4S/c1-26-20(23)12-8-3-2-7-11-19-16-13-14-17(15-16)21(19)22-27(24,25)18-9-5-4-6-10-18/h2,4-7,9-10,16-17,19,21-22H,3,8,11-15H2,1H3/b7-2-/t16-,17+,19+,21-/m1/s1. The number of carbonyl (C=O) groups is 1. The zero-order valence-corrected chi connectivity index (χ0v) is 16.7. The summed E-state index contributed by atoms with van der Waals surface area (Å²) in [6.45, 7) is 0. The van der Waals surface area contributed by atoms with E-state index in [0.717, 1.165) is 32.1 Å². The molecule has 0 unspecified atom stereocenters. The summed E-state index contributed by atoms with van der Waals surface area (Å²) in [4.78, 5) is 11.5. The number of unbranched alkanes of at least 4 members (excludes halogenated alkanes) is 1. The van der Waals surface area contributed by atoms with Gasteiger partial charge in [-0.2, -0.15) is 0 Å². The number of fused-ring (bicyclic) bond motifs is 2. The number of carbonyl (C=O) groups excluding carboxylic acids is 1. The molecule has 1 aromatic carbocycles. The molecule has 6 heteroatoms. The highest BCUT2D eigenvalue weighted by Crippen LogP contribution is 2.50. The van der Waals surface area contributed by atoms with E-state index in [4.69, 9.17) is 0 Å². The van der Waals surface area contributed by atoms with Gasteiger partial charge in [-0.1, -0.05) is 30.4 Å². The SMILES string of the molecule is COC(=O)CCC/C=C\C[C@H]1[C@@H]2CC[C@@H](C2)[C@H]1NS(=O)(=O)c1ccccc1. The lowest BCUT2D eigenvalue weighted by Crippen LogP contribution is -2.43. The number of sulfonamides is 1. The minimum Gasteiger partial charge on any atom is -0.469 e. The van der Waals surface area contributed by atoms with Crippen LogP contribution in [0.25, 0.3) is 0 Å². The van der Waals surface area contributed by atoms with Crippen molar-refractivity contribution in [2.45, 2.75) is 55.9 Å². The Kier molecular flexibility index (Phi) is 6.71. The van der Waals surface area contributed by atoms with Crippen molar-refractivity contribution in [3.05, 3.63) is 42.5 Å². The van der Waals surface area contributed by atoms with Gasteiger partial charge >= 0.3 is 5.97 Å². The molecular formula is C21H29NO4S. The molecule has 0 amide bonds. The summed E-state index contributed by atoms with van der Waals surface area (Å²) in [5, 5.41) is 0. The van der Waals surface area contributed by atoms with Gasteiger partial charge in [-0.05, 0) is 68.4 Å². The maximum Gasteiger partial charge on any atom is 0.305 e. The fourth-order valence-electron chi connectivity index (χ4n) is 4.62. The topological polar surface area (TPSA) is 72.5 Å². The second-order valence-electron chi connectivity index (χ2n) is 7.63. The Morgan fingerprint density at radius 1 is 1.19 bits per heavy atom. The molecule has 2 bridgehead atoms. The minimum atomic E-state index is -3.48. The molecule has 3 rings (SSSR count). The lowest BCUT2D eigenvalue weighted by molar-refractivity contribution is -0.140. The average molecular weight is 392 g/mol. The van der Waals surface area contributed by atoms with Gasteiger partial charge in [-0.15, -0.1) is 0 Å². The molecule has 0 heterocycles. The fourth-order valence-corrected chi connectivity index (χ4v) is 5.99. The van der Waals surface area contributed by atoms with E-state index < -0.39 is 10.0 Å². The van der Waals surface area contributed by atoms with Crippen molar-refractivity contribution in [3.8, 4) is 0 Å². The second-order valence-corrected chi connectivity index (χ2v) is 9.35. The van der Waals surface area contributed by atoms with Crippen molar-refractivity contribution in [2.75, 3.05) is 7.11 Å². The van der Waals surface area contributed by atoms with E-state index >= 15 is 0 Å². The van der Waals surface area contributed by atoms with Crippen molar-refractivity contribution in [1.82, 2.24) is 4.72 Å². The summed E-state index contributed by atoms with van der Waals surface area (Å²) in [7, 11) is -2.07. The van der Waals surface area contributed by atoms with E-state index in [0.29, 0.717) is 29.1 Å². The lowest BCUT2D eigenvalue weighted by Gasteiger charge is -2.31. The Bertz CT molecular complexity index is 760. The van der Waals surface area contributed by atoms with Crippen molar-refractivity contribution in [3.63, 3.8) is 0 Å². The van der Waals surface area contributed by atoms with Crippen LogP contribution in [0.1, 0.15) is 44.9 Å². The Balaban J connectivity index is 1.57. The third kappa shape index (κ3) is 4.99. The Morgan fingerprint density at radius 2 is 1.93 bits per heavy atom. The number of allylic oxidation sites excluding steroid dienone is 2. The minimum absolute atomic E-state index is 0.0219. The summed E-state index contributed by atoms with van der Waals surface area (Å²) in [6.07, 6.45) is 10.7. The Labute approximate surface area is 162 Å².